The van der Waals surface area contributed by atoms with Crippen molar-refractivity contribution in [1.29, 1.82) is 0 Å². The molecule has 1 fully saturated rings. The number of rotatable bonds is 3. The van der Waals surface area contributed by atoms with Gasteiger partial charge in [-0.2, -0.15) is 0 Å². The fourth-order valence-electron chi connectivity index (χ4n) is 6.94. The van der Waals surface area contributed by atoms with Crippen LogP contribution in [0, 0.1) is 12.3 Å². The zero-order valence-electron chi connectivity index (χ0n) is 21.5. The van der Waals surface area contributed by atoms with E-state index in [1.165, 1.54) is 0 Å². The molecule has 0 N–H and O–H groups in total. The highest BCUT2D eigenvalue weighted by Gasteiger charge is 2.71. The summed E-state index contributed by atoms with van der Waals surface area (Å²) < 4.78 is 0. The van der Waals surface area contributed by atoms with Gasteiger partial charge in [0, 0.05) is 38.3 Å². The second-order valence-electron chi connectivity index (χ2n) is 10.7. The minimum absolute atomic E-state index is 0.183. The Morgan fingerprint density at radius 1 is 0.825 bits per heavy atom. The summed E-state index contributed by atoms with van der Waals surface area (Å²) in [6.07, 6.45) is 3.87. The van der Waals surface area contributed by atoms with Crippen molar-refractivity contribution in [3.8, 4) is 0 Å². The Labute approximate surface area is 241 Å². The van der Waals surface area contributed by atoms with Crippen molar-refractivity contribution in [3.05, 3.63) is 140 Å². The van der Waals surface area contributed by atoms with Crippen LogP contribution in [0.4, 0.5) is 5.69 Å². The number of benzene rings is 4. The Bertz CT molecular complexity index is 1740. The second-order valence-corrected chi connectivity index (χ2v) is 11.5. The Kier molecular flexibility index (Phi) is 5.64. The molecule has 2 heterocycles. The summed E-state index contributed by atoms with van der Waals surface area (Å²) in [7, 11) is 0. The summed E-state index contributed by atoms with van der Waals surface area (Å²) in [5.41, 5.74) is 2.93. The Hall–Kier alpha value is -3.99. The molecule has 6 heteroatoms. The lowest BCUT2D eigenvalue weighted by atomic mass is 9.64. The van der Waals surface area contributed by atoms with E-state index in [0.29, 0.717) is 32.3 Å². The molecule has 0 aromatic heterocycles. The van der Waals surface area contributed by atoms with Gasteiger partial charge in [0.2, 0.25) is 0 Å². The molecule has 0 unspecified atom stereocenters. The van der Waals surface area contributed by atoms with Crippen molar-refractivity contribution in [2.24, 2.45) is 5.41 Å². The van der Waals surface area contributed by atoms with Crippen LogP contribution in [0.3, 0.4) is 0 Å². The van der Waals surface area contributed by atoms with Crippen LogP contribution in [0.15, 0.2) is 97.1 Å². The van der Waals surface area contributed by atoms with Crippen LogP contribution >= 0.6 is 23.2 Å². The predicted octanol–water partition coefficient (Wildman–Crippen LogP) is 7.62. The maximum absolute atomic E-state index is 14.7. The first-order valence-electron chi connectivity index (χ1n) is 13.1. The van der Waals surface area contributed by atoms with Gasteiger partial charge in [-0.05, 0) is 41.8 Å². The summed E-state index contributed by atoms with van der Waals surface area (Å²) >= 11 is 13.2. The number of Topliss-reactive ketones (excluding diaryl/α,β-unsaturated/α-hetero) is 3. The van der Waals surface area contributed by atoms with Gasteiger partial charge in [-0.1, -0.05) is 108 Å². The molecule has 4 aromatic rings. The van der Waals surface area contributed by atoms with Crippen LogP contribution in [0.25, 0.3) is 6.08 Å². The van der Waals surface area contributed by atoms with Gasteiger partial charge in [0.1, 0.15) is 11.5 Å². The van der Waals surface area contributed by atoms with Gasteiger partial charge in [0.05, 0.1) is 6.04 Å². The monoisotopic (exact) mass is 563 g/mol. The average molecular weight is 564 g/mol. The first-order valence-corrected chi connectivity index (χ1v) is 13.9. The molecule has 0 bridgehead atoms. The lowest BCUT2D eigenvalue weighted by Gasteiger charge is -2.37. The number of hydrogen-bond acceptors (Lipinski definition) is 4. The number of ketones is 3. The molecular weight excluding hydrogens is 541 g/mol. The fraction of sp³-hybridized carbons (Fsp3) is 0.147. The van der Waals surface area contributed by atoms with E-state index >= 15 is 0 Å². The minimum atomic E-state index is -1.60. The molecule has 0 saturated carbocycles. The van der Waals surface area contributed by atoms with Gasteiger partial charge in [-0.25, -0.2) is 0 Å². The second kappa shape index (κ2) is 9.02. The number of carbonyl (C=O) groups is 3. The number of nitrogens with zero attached hydrogens (tertiary/aromatic N) is 1. The lowest BCUT2D eigenvalue weighted by molar-refractivity contribution is 0.0666. The highest BCUT2D eigenvalue weighted by Crippen LogP contribution is 2.61. The molecule has 196 valence electrons. The van der Waals surface area contributed by atoms with E-state index in [2.05, 4.69) is 0 Å². The third kappa shape index (κ3) is 3.30. The molecule has 0 radical (unpaired) electrons. The number of halogens is 2. The number of anilines is 1. The highest BCUT2D eigenvalue weighted by atomic mass is 35.5. The van der Waals surface area contributed by atoms with Crippen LogP contribution in [-0.4, -0.2) is 29.4 Å². The molecule has 3 aliphatic rings. The van der Waals surface area contributed by atoms with E-state index in [-0.39, 0.29) is 17.3 Å². The average Bonchev–Trinajstić information content (AvgIpc) is 3.39. The summed E-state index contributed by atoms with van der Waals surface area (Å²) in [6, 6.07) is 25.5. The summed E-state index contributed by atoms with van der Waals surface area (Å²) in [6.45, 7) is 1.99. The SMILES string of the molecule is Cc1ccc2c(c1)N1[C@@H](C=C2)C2(C(=O)c3ccccc3C2=O)[C@@H](c2ccc(Cl)cc2Cl)[C@@H]1C(=O)c1ccccc1. The van der Waals surface area contributed by atoms with Gasteiger partial charge in [0.15, 0.2) is 17.3 Å². The Balaban J connectivity index is 1.58. The van der Waals surface area contributed by atoms with Crippen molar-refractivity contribution in [3.63, 3.8) is 0 Å². The molecule has 1 saturated heterocycles. The predicted molar refractivity (Wildman–Crippen MR) is 158 cm³/mol. The molecule has 1 spiro atoms. The summed E-state index contributed by atoms with van der Waals surface area (Å²) in [4.78, 5) is 46.0. The zero-order valence-corrected chi connectivity index (χ0v) is 23.0. The standard InChI is InChI=1S/C34H23Cl2NO3/c1-19-11-12-20-13-16-28-34(32(39)23-9-5-6-10-24(23)33(34)40)29(25-15-14-22(35)18-26(25)36)30(37(28)27(20)17-19)31(38)21-7-3-2-4-8-21/h2-18,28-30H,1H3/t28-,29-,30+/m0/s1. The smallest absolute Gasteiger partial charge is 0.185 e. The fourth-order valence-corrected chi connectivity index (χ4v) is 7.47. The maximum Gasteiger partial charge on any atom is 0.185 e. The molecule has 3 atom stereocenters. The van der Waals surface area contributed by atoms with Crippen molar-refractivity contribution in [2.75, 3.05) is 4.90 Å². The van der Waals surface area contributed by atoms with E-state index in [1.807, 2.05) is 60.4 Å². The van der Waals surface area contributed by atoms with E-state index in [4.69, 9.17) is 23.2 Å². The third-order valence-corrected chi connectivity index (χ3v) is 9.15. The molecule has 4 nitrogen and oxygen atoms in total. The van der Waals surface area contributed by atoms with Gasteiger partial charge in [-0.3, -0.25) is 14.4 Å². The van der Waals surface area contributed by atoms with E-state index in [1.54, 1.807) is 54.6 Å². The minimum Gasteiger partial charge on any atom is -0.352 e. The molecule has 2 aliphatic heterocycles. The van der Waals surface area contributed by atoms with E-state index in [9.17, 15) is 14.4 Å². The first kappa shape index (κ1) is 25.0. The lowest BCUT2D eigenvalue weighted by Crippen LogP contribution is -2.48. The van der Waals surface area contributed by atoms with Crippen LogP contribution in [0.5, 0.6) is 0 Å². The number of fused-ring (bicyclic) bond motifs is 5. The molecular formula is C34H23Cl2NO3. The van der Waals surface area contributed by atoms with Crippen LogP contribution in [0.1, 0.15) is 53.7 Å². The zero-order chi connectivity index (χ0) is 27.8. The molecule has 40 heavy (non-hydrogen) atoms. The highest BCUT2D eigenvalue weighted by molar-refractivity contribution is 6.36. The molecule has 1 aliphatic carbocycles. The summed E-state index contributed by atoms with van der Waals surface area (Å²) in [5, 5.41) is 0.741. The van der Waals surface area contributed by atoms with Gasteiger partial charge < -0.3 is 4.90 Å². The van der Waals surface area contributed by atoms with Crippen molar-refractivity contribution >= 4 is 52.3 Å². The van der Waals surface area contributed by atoms with E-state index < -0.39 is 23.4 Å². The first-order chi connectivity index (χ1) is 19.3. The summed E-state index contributed by atoms with van der Waals surface area (Å²) in [5.74, 6) is -1.64. The molecule has 7 rings (SSSR count). The number of aryl methyl sites for hydroxylation is 1. The number of carbonyl (C=O) groups excluding carboxylic acids is 3. The van der Waals surface area contributed by atoms with Gasteiger partial charge >= 0.3 is 0 Å². The molecule has 0 amide bonds. The van der Waals surface area contributed by atoms with E-state index in [0.717, 1.165) is 16.8 Å². The third-order valence-electron chi connectivity index (χ3n) is 8.59. The van der Waals surface area contributed by atoms with Crippen LogP contribution < -0.4 is 4.90 Å². The quantitative estimate of drug-likeness (QED) is 0.190. The van der Waals surface area contributed by atoms with Gasteiger partial charge in [-0.15, -0.1) is 0 Å². The van der Waals surface area contributed by atoms with Crippen LogP contribution in [-0.2, 0) is 0 Å². The largest absolute Gasteiger partial charge is 0.352 e. The molecule has 4 aromatic carbocycles. The topological polar surface area (TPSA) is 54.5 Å². The van der Waals surface area contributed by atoms with Crippen molar-refractivity contribution in [2.45, 2.75) is 24.9 Å². The number of hydrogen-bond donors (Lipinski definition) is 0. The Morgan fingerprint density at radius 2 is 1.50 bits per heavy atom. The van der Waals surface area contributed by atoms with Crippen molar-refractivity contribution < 1.29 is 14.4 Å². The maximum atomic E-state index is 14.7. The van der Waals surface area contributed by atoms with Crippen molar-refractivity contribution in [1.82, 2.24) is 0 Å². The van der Waals surface area contributed by atoms with Crippen LogP contribution in [0.2, 0.25) is 10.0 Å². The Morgan fingerprint density at radius 3 is 2.17 bits per heavy atom. The van der Waals surface area contributed by atoms with Gasteiger partial charge in [0.25, 0.3) is 0 Å². The normalized spacial score (nSPS) is 21.9.